The van der Waals surface area contributed by atoms with Crippen LogP contribution >= 0.6 is 11.3 Å². The second-order valence-corrected chi connectivity index (χ2v) is 12.0. The number of halogens is 1. The summed E-state index contributed by atoms with van der Waals surface area (Å²) >= 11 is 1.44. The number of nitrogens with zero attached hydrogens (tertiary/aromatic N) is 3. The molecule has 0 spiro atoms. The van der Waals surface area contributed by atoms with Crippen LogP contribution in [-0.2, 0) is 21.4 Å². The number of thiazole rings is 1. The number of benzene rings is 3. The van der Waals surface area contributed by atoms with Gasteiger partial charge in [-0.1, -0.05) is 47.7 Å². The molecule has 38 heavy (non-hydrogen) atoms. The Balaban J connectivity index is 1.38. The SMILES string of the molecule is CCOc1cccc2sc(N(Cc3ccccc3)C(=O)C3CCN(S(=O)(=O)c4ccc(F)cc4)CC3)nc12. The van der Waals surface area contributed by atoms with Crippen LogP contribution in [-0.4, -0.2) is 43.3 Å². The number of piperidine rings is 1. The molecule has 1 saturated heterocycles. The van der Waals surface area contributed by atoms with E-state index in [2.05, 4.69) is 0 Å². The number of anilines is 1. The molecule has 1 aromatic heterocycles. The van der Waals surface area contributed by atoms with Crippen LogP contribution in [0, 0.1) is 11.7 Å². The number of carbonyl (C=O) groups is 1. The van der Waals surface area contributed by atoms with E-state index < -0.39 is 15.8 Å². The Morgan fingerprint density at radius 3 is 2.45 bits per heavy atom. The summed E-state index contributed by atoms with van der Waals surface area (Å²) in [6.45, 7) is 3.21. The van der Waals surface area contributed by atoms with Crippen LogP contribution in [0.1, 0.15) is 25.3 Å². The molecule has 7 nitrogen and oxygen atoms in total. The largest absolute Gasteiger partial charge is 0.492 e. The van der Waals surface area contributed by atoms with E-state index in [4.69, 9.17) is 9.72 Å². The standard InChI is InChI=1S/C28H28FN3O4S2/c1-2-36-24-9-6-10-25-26(24)30-28(37-25)32(19-20-7-4-3-5-8-20)27(33)21-15-17-31(18-16-21)38(34,35)23-13-11-22(29)12-14-23/h3-14,21H,2,15-19H2,1H3. The summed E-state index contributed by atoms with van der Waals surface area (Å²) in [6, 6.07) is 20.3. The second-order valence-electron chi connectivity index (χ2n) is 9.07. The Hall–Kier alpha value is -3.34. The Morgan fingerprint density at radius 2 is 1.76 bits per heavy atom. The van der Waals surface area contributed by atoms with Crippen molar-refractivity contribution in [3.8, 4) is 5.75 Å². The van der Waals surface area contributed by atoms with Gasteiger partial charge < -0.3 is 4.74 Å². The molecule has 1 aliphatic rings. The number of amides is 1. The van der Waals surface area contributed by atoms with Crippen molar-refractivity contribution in [3.05, 3.63) is 84.2 Å². The highest BCUT2D eigenvalue weighted by Crippen LogP contribution is 2.36. The first-order valence-corrected chi connectivity index (χ1v) is 14.8. The summed E-state index contributed by atoms with van der Waals surface area (Å²) in [6.07, 6.45) is 0.777. The molecule has 4 aromatic rings. The van der Waals surface area contributed by atoms with Gasteiger partial charge in [0, 0.05) is 19.0 Å². The van der Waals surface area contributed by atoms with Crippen LogP contribution in [0.4, 0.5) is 9.52 Å². The van der Waals surface area contributed by atoms with Crippen molar-refractivity contribution in [1.82, 2.24) is 9.29 Å². The first-order chi connectivity index (χ1) is 18.4. The maximum absolute atomic E-state index is 13.9. The number of sulfonamides is 1. The lowest BCUT2D eigenvalue weighted by Gasteiger charge is -2.33. The van der Waals surface area contributed by atoms with Crippen molar-refractivity contribution in [2.24, 2.45) is 5.92 Å². The van der Waals surface area contributed by atoms with Gasteiger partial charge in [0.15, 0.2) is 5.13 Å². The molecule has 0 N–H and O–H groups in total. The Bertz CT molecular complexity index is 1520. The third-order valence-corrected chi connectivity index (χ3v) is 9.56. The molecule has 0 bridgehead atoms. The third-order valence-electron chi connectivity index (χ3n) is 6.61. The van der Waals surface area contributed by atoms with Crippen molar-refractivity contribution in [2.75, 3.05) is 24.6 Å². The zero-order valence-corrected chi connectivity index (χ0v) is 22.6. The molecule has 2 heterocycles. The van der Waals surface area contributed by atoms with Gasteiger partial charge in [-0.05, 0) is 61.7 Å². The lowest BCUT2D eigenvalue weighted by atomic mass is 9.96. The van der Waals surface area contributed by atoms with Gasteiger partial charge in [-0.2, -0.15) is 4.31 Å². The smallest absolute Gasteiger partial charge is 0.243 e. The van der Waals surface area contributed by atoms with Crippen LogP contribution < -0.4 is 9.64 Å². The highest BCUT2D eigenvalue weighted by molar-refractivity contribution is 7.89. The van der Waals surface area contributed by atoms with E-state index in [1.54, 1.807) is 4.90 Å². The molecule has 0 atom stereocenters. The van der Waals surface area contributed by atoms with E-state index in [0.29, 0.717) is 36.9 Å². The van der Waals surface area contributed by atoms with Gasteiger partial charge >= 0.3 is 0 Å². The minimum Gasteiger partial charge on any atom is -0.492 e. The molecule has 1 fully saturated rings. The van der Waals surface area contributed by atoms with E-state index in [1.807, 2.05) is 55.5 Å². The van der Waals surface area contributed by atoms with Crippen molar-refractivity contribution in [1.29, 1.82) is 0 Å². The van der Waals surface area contributed by atoms with Crippen molar-refractivity contribution >= 4 is 42.6 Å². The number of para-hydroxylation sites is 1. The molecule has 3 aromatic carbocycles. The number of fused-ring (bicyclic) bond motifs is 1. The number of aromatic nitrogens is 1. The Morgan fingerprint density at radius 1 is 1.05 bits per heavy atom. The molecule has 0 unspecified atom stereocenters. The van der Waals surface area contributed by atoms with Gasteiger partial charge in [0.1, 0.15) is 17.1 Å². The van der Waals surface area contributed by atoms with E-state index >= 15 is 0 Å². The van der Waals surface area contributed by atoms with Crippen LogP contribution in [0.3, 0.4) is 0 Å². The highest BCUT2D eigenvalue weighted by atomic mass is 32.2. The van der Waals surface area contributed by atoms with Gasteiger partial charge in [-0.25, -0.2) is 17.8 Å². The Kier molecular flexibility index (Phi) is 7.73. The lowest BCUT2D eigenvalue weighted by molar-refractivity contribution is -0.123. The zero-order chi connectivity index (χ0) is 26.7. The molecule has 198 valence electrons. The zero-order valence-electron chi connectivity index (χ0n) is 20.9. The predicted molar refractivity (Wildman–Crippen MR) is 146 cm³/mol. The van der Waals surface area contributed by atoms with E-state index in [-0.39, 0.29) is 29.8 Å². The van der Waals surface area contributed by atoms with Gasteiger partial charge in [0.25, 0.3) is 0 Å². The van der Waals surface area contributed by atoms with Crippen LogP contribution in [0.15, 0.2) is 77.7 Å². The average molecular weight is 554 g/mol. The second kappa shape index (κ2) is 11.2. The molecule has 1 amide bonds. The summed E-state index contributed by atoms with van der Waals surface area (Å²) < 4.78 is 47.4. The summed E-state index contributed by atoms with van der Waals surface area (Å²) in [5.41, 5.74) is 1.70. The summed E-state index contributed by atoms with van der Waals surface area (Å²) in [7, 11) is -3.76. The summed E-state index contributed by atoms with van der Waals surface area (Å²) in [5.74, 6) is -0.240. The molecule has 10 heteroatoms. The van der Waals surface area contributed by atoms with Crippen molar-refractivity contribution in [2.45, 2.75) is 31.2 Å². The summed E-state index contributed by atoms with van der Waals surface area (Å²) in [5, 5.41) is 0.586. The first-order valence-electron chi connectivity index (χ1n) is 12.5. The average Bonchev–Trinajstić information content (AvgIpc) is 3.37. The lowest BCUT2D eigenvalue weighted by Crippen LogP contribution is -2.44. The number of hydrogen-bond acceptors (Lipinski definition) is 6. The molecular weight excluding hydrogens is 525 g/mol. The molecule has 5 rings (SSSR count). The number of hydrogen-bond donors (Lipinski definition) is 0. The van der Waals surface area contributed by atoms with Gasteiger partial charge in [-0.15, -0.1) is 0 Å². The molecule has 1 aliphatic heterocycles. The topological polar surface area (TPSA) is 79.8 Å². The molecular formula is C28H28FN3O4S2. The fourth-order valence-corrected chi connectivity index (χ4v) is 7.08. The van der Waals surface area contributed by atoms with E-state index in [1.165, 1.54) is 27.8 Å². The monoisotopic (exact) mass is 553 g/mol. The van der Waals surface area contributed by atoms with Crippen LogP contribution in [0.2, 0.25) is 0 Å². The summed E-state index contributed by atoms with van der Waals surface area (Å²) in [4.78, 5) is 20.5. The fourth-order valence-electron chi connectivity index (χ4n) is 4.62. The minimum atomic E-state index is -3.76. The van der Waals surface area contributed by atoms with Crippen LogP contribution in [0.25, 0.3) is 10.2 Å². The van der Waals surface area contributed by atoms with Gasteiger partial charge in [-0.3, -0.25) is 9.69 Å². The minimum absolute atomic E-state index is 0.0500. The van der Waals surface area contributed by atoms with E-state index in [9.17, 15) is 17.6 Å². The maximum Gasteiger partial charge on any atom is 0.243 e. The van der Waals surface area contributed by atoms with E-state index in [0.717, 1.165) is 27.9 Å². The highest BCUT2D eigenvalue weighted by Gasteiger charge is 2.35. The molecule has 0 saturated carbocycles. The fraction of sp³-hybridized carbons (Fsp3) is 0.286. The number of carbonyl (C=O) groups excluding carboxylic acids is 1. The Labute approximate surface area is 225 Å². The van der Waals surface area contributed by atoms with Crippen LogP contribution in [0.5, 0.6) is 5.75 Å². The quantitative estimate of drug-likeness (QED) is 0.289. The number of ether oxygens (including phenoxy) is 1. The number of rotatable bonds is 8. The molecule has 0 radical (unpaired) electrons. The third kappa shape index (κ3) is 5.43. The predicted octanol–water partition coefficient (Wildman–Crippen LogP) is 5.47. The van der Waals surface area contributed by atoms with Gasteiger partial charge in [0.05, 0.1) is 22.7 Å². The van der Waals surface area contributed by atoms with Crippen molar-refractivity contribution in [3.63, 3.8) is 0 Å². The van der Waals surface area contributed by atoms with Gasteiger partial charge in [0.2, 0.25) is 15.9 Å². The normalized spacial score (nSPS) is 15.0. The molecule has 0 aliphatic carbocycles. The maximum atomic E-state index is 13.9. The van der Waals surface area contributed by atoms with Crippen molar-refractivity contribution < 1.29 is 22.3 Å². The first kappa shape index (κ1) is 26.3.